The Kier molecular flexibility index (Phi) is 9.02. The van der Waals surface area contributed by atoms with Crippen LogP contribution in [0, 0.1) is 6.92 Å². The largest absolute Gasteiger partial charge is 0.382 e. The van der Waals surface area contributed by atoms with E-state index in [1.165, 1.54) is 0 Å². The van der Waals surface area contributed by atoms with Crippen LogP contribution in [0.25, 0.3) is 0 Å². The fourth-order valence-electron chi connectivity index (χ4n) is 1.82. The van der Waals surface area contributed by atoms with E-state index in [2.05, 4.69) is 21.1 Å². The summed E-state index contributed by atoms with van der Waals surface area (Å²) in [6, 6.07) is 0. The van der Waals surface area contributed by atoms with Gasteiger partial charge in [0.25, 0.3) is 0 Å². The van der Waals surface area contributed by atoms with Crippen LogP contribution in [0.1, 0.15) is 19.0 Å². The molecule has 0 saturated carbocycles. The van der Waals surface area contributed by atoms with Gasteiger partial charge in [-0.1, -0.05) is 0 Å². The van der Waals surface area contributed by atoms with Crippen molar-refractivity contribution < 1.29 is 14.2 Å². The Hall–Kier alpha value is -1.11. The van der Waals surface area contributed by atoms with E-state index >= 15 is 0 Å². The number of hydrogen-bond acceptors (Lipinski definition) is 5. The summed E-state index contributed by atoms with van der Waals surface area (Å²) in [6.07, 6.45) is 3.04. The molecule has 1 N–H and O–H groups in total. The zero-order chi connectivity index (χ0) is 14.6. The monoisotopic (exact) mass is 285 g/mol. The van der Waals surface area contributed by atoms with Crippen molar-refractivity contribution in [3.05, 3.63) is 11.9 Å². The van der Waals surface area contributed by atoms with E-state index in [4.69, 9.17) is 14.2 Å². The van der Waals surface area contributed by atoms with Crippen LogP contribution < -0.4 is 5.32 Å². The number of methoxy groups -OCH3 is 1. The first-order valence-corrected chi connectivity index (χ1v) is 7.20. The van der Waals surface area contributed by atoms with Crippen molar-refractivity contribution in [2.45, 2.75) is 26.8 Å². The third-order valence-corrected chi connectivity index (χ3v) is 2.75. The summed E-state index contributed by atoms with van der Waals surface area (Å²) in [5, 5.41) is 3.30. The molecule has 0 radical (unpaired) electrons. The molecule has 0 amide bonds. The molecule has 0 aliphatic rings. The molecule has 1 heterocycles. The van der Waals surface area contributed by atoms with Crippen LogP contribution >= 0.6 is 0 Å². The SMILES string of the molecule is CCOCCCn1cc(C)nc1NCCOCCOC. The number of rotatable bonds is 12. The van der Waals surface area contributed by atoms with Crippen LogP contribution in [-0.4, -0.2) is 56.2 Å². The third kappa shape index (κ3) is 6.88. The highest BCUT2D eigenvalue weighted by atomic mass is 16.5. The Morgan fingerprint density at radius 2 is 2.05 bits per heavy atom. The average molecular weight is 285 g/mol. The lowest BCUT2D eigenvalue weighted by Crippen LogP contribution is -2.15. The lowest BCUT2D eigenvalue weighted by Gasteiger charge is -2.10. The lowest BCUT2D eigenvalue weighted by molar-refractivity contribution is 0.0758. The summed E-state index contributed by atoms with van der Waals surface area (Å²) in [6.45, 7) is 9.12. The molecule has 0 unspecified atom stereocenters. The van der Waals surface area contributed by atoms with Gasteiger partial charge in [-0.05, 0) is 20.3 Å². The number of anilines is 1. The Morgan fingerprint density at radius 1 is 1.20 bits per heavy atom. The number of aryl methyl sites for hydroxylation is 2. The quantitative estimate of drug-likeness (QED) is 0.592. The van der Waals surface area contributed by atoms with E-state index in [0.717, 1.165) is 44.4 Å². The molecule has 0 aromatic carbocycles. The Balaban J connectivity index is 2.26. The number of ether oxygens (including phenoxy) is 3. The Bertz CT molecular complexity index is 355. The molecule has 1 rings (SSSR count). The Labute approximate surface area is 121 Å². The van der Waals surface area contributed by atoms with Crippen LogP contribution in [0.2, 0.25) is 0 Å². The van der Waals surface area contributed by atoms with Gasteiger partial charge in [-0.25, -0.2) is 4.98 Å². The lowest BCUT2D eigenvalue weighted by atomic mass is 10.4. The highest BCUT2D eigenvalue weighted by molar-refractivity contribution is 5.28. The van der Waals surface area contributed by atoms with E-state index in [1.54, 1.807) is 7.11 Å². The summed E-state index contributed by atoms with van der Waals surface area (Å²) < 4.78 is 17.8. The van der Waals surface area contributed by atoms with Gasteiger partial charge < -0.3 is 24.1 Å². The van der Waals surface area contributed by atoms with Gasteiger partial charge in [0, 0.05) is 39.6 Å². The number of hydrogen-bond donors (Lipinski definition) is 1. The molecule has 1 aromatic rings. The summed E-state index contributed by atoms with van der Waals surface area (Å²) in [7, 11) is 1.67. The van der Waals surface area contributed by atoms with E-state index in [9.17, 15) is 0 Å². The van der Waals surface area contributed by atoms with E-state index in [0.29, 0.717) is 19.8 Å². The predicted octanol–water partition coefficient (Wildman–Crippen LogP) is 1.69. The molecular weight excluding hydrogens is 258 g/mol. The molecule has 20 heavy (non-hydrogen) atoms. The second kappa shape index (κ2) is 10.7. The van der Waals surface area contributed by atoms with Gasteiger partial charge in [0.2, 0.25) is 5.95 Å². The van der Waals surface area contributed by atoms with Crippen molar-refractivity contribution in [3.8, 4) is 0 Å². The van der Waals surface area contributed by atoms with Crippen LogP contribution in [0.4, 0.5) is 5.95 Å². The standard InChI is InChI=1S/C14H27N3O3/c1-4-19-8-5-7-17-12-13(2)16-14(17)15-6-9-20-11-10-18-3/h12H,4-11H2,1-3H3,(H,15,16). The fraction of sp³-hybridized carbons (Fsp3) is 0.786. The summed E-state index contributed by atoms with van der Waals surface area (Å²) in [4.78, 5) is 4.47. The maximum atomic E-state index is 5.41. The first kappa shape index (κ1) is 16.9. The number of imidazole rings is 1. The summed E-state index contributed by atoms with van der Waals surface area (Å²) in [5.74, 6) is 0.898. The van der Waals surface area contributed by atoms with Crippen molar-refractivity contribution >= 4 is 5.95 Å². The minimum absolute atomic E-state index is 0.625. The van der Waals surface area contributed by atoms with Crippen molar-refractivity contribution in [1.29, 1.82) is 0 Å². The second-order valence-corrected chi connectivity index (χ2v) is 4.48. The first-order valence-electron chi connectivity index (χ1n) is 7.20. The molecule has 0 aliphatic heterocycles. The first-order chi connectivity index (χ1) is 9.77. The minimum atomic E-state index is 0.625. The molecule has 0 fully saturated rings. The van der Waals surface area contributed by atoms with E-state index < -0.39 is 0 Å². The van der Waals surface area contributed by atoms with Crippen molar-refractivity contribution in [2.75, 3.05) is 52.0 Å². The third-order valence-electron chi connectivity index (χ3n) is 2.75. The topological polar surface area (TPSA) is 57.5 Å². The highest BCUT2D eigenvalue weighted by Crippen LogP contribution is 2.09. The number of nitrogens with one attached hydrogen (secondary N) is 1. The maximum Gasteiger partial charge on any atom is 0.203 e. The number of aromatic nitrogens is 2. The normalized spacial score (nSPS) is 10.9. The smallest absolute Gasteiger partial charge is 0.203 e. The van der Waals surface area contributed by atoms with Gasteiger partial charge in [0.1, 0.15) is 0 Å². The van der Waals surface area contributed by atoms with Gasteiger partial charge in [-0.3, -0.25) is 0 Å². The van der Waals surface area contributed by atoms with Crippen LogP contribution in [0.3, 0.4) is 0 Å². The molecule has 0 spiro atoms. The zero-order valence-electron chi connectivity index (χ0n) is 12.9. The predicted molar refractivity (Wildman–Crippen MR) is 79.3 cm³/mol. The summed E-state index contributed by atoms with van der Waals surface area (Å²) >= 11 is 0. The fourth-order valence-corrected chi connectivity index (χ4v) is 1.82. The van der Waals surface area contributed by atoms with Crippen molar-refractivity contribution in [2.24, 2.45) is 0 Å². The summed E-state index contributed by atoms with van der Waals surface area (Å²) in [5.41, 5.74) is 1.02. The second-order valence-electron chi connectivity index (χ2n) is 4.48. The van der Waals surface area contributed by atoms with Crippen LogP contribution in [-0.2, 0) is 20.8 Å². The Morgan fingerprint density at radius 3 is 2.80 bits per heavy atom. The minimum Gasteiger partial charge on any atom is -0.382 e. The van der Waals surface area contributed by atoms with Crippen LogP contribution in [0.5, 0.6) is 0 Å². The van der Waals surface area contributed by atoms with Gasteiger partial charge in [-0.15, -0.1) is 0 Å². The van der Waals surface area contributed by atoms with Crippen molar-refractivity contribution in [3.63, 3.8) is 0 Å². The van der Waals surface area contributed by atoms with Gasteiger partial charge in [-0.2, -0.15) is 0 Å². The molecule has 6 heteroatoms. The number of nitrogens with zero attached hydrogens (tertiary/aromatic N) is 2. The average Bonchev–Trinajstić information content (AvgIpc) is 2.79. The highest BCUT2D eigenvalue weighted by Gasteiger charge is 2.04. The molecule has 116 valence electrons. The maximum absolute atomic E-state index is 5.41. The molecule has 0 bridgehead atoms. The molecule has 0 atom stereocenters. The molecule has 6 nitrogen and oxygen atoms in total. The van der Waals surface area contributed by atoms with Gasteiger partial charge in [0.05, 0.1) is 25.5 Å². The zero-order valence-corrected chi connectivity index (χ0v) is 12.9. The van der Waals surface area contributed by atoms with E-state index in [1.807, 2.05) is 13.8 Å². The van der Waals surface area contributed by atoms with Gasteiger partial charge >= 0.3 is 0 Å². The van der Waals surface area contributed by atoms with Crippen LogP contribution in [0.15, 0.2) is 6.20 Å². The van der Waals surface area contributed by atoms with Crippen molar-refractivity contribution in [1.82, 2.24) is 9.55 Å². The molecule has 0 aliphatic carbocycles. The molecule has 1 aromatic heterocycles. The molecule has 0 saturated heterocycles. The van der Waals surface area contributed by atoms with E-state index in [-0.39, 0.29) is 0 Å². The van der Waals surface area contributed by atoms with Gasteiger partial charge in [0.15, 0.2) is 0 Å². The molecular formula is C14H27N3O3.